The van der Waals surface area contributed by atoms with Crippen molar-refractivity contribution in [1.29, 1.82) is 0 Å². The smallest absolute Gasteiger partial charge is 0.337 e. The van der Waals surface area contributed by atoms with E-state index in [1.807, 2.05) is 0 Å². The molecule has 0 radical (unpaired) electrons. The third kappa shape index (κ3) is 6.35. The Hall–Kier alpha value is -2.28. The van der Waals surface area contributed by atoms with E-state index in [-0.39, 0.29) is 6.54 Å². The number of aliphatic hydroxyl groups is 1. The molecule has 29 heavy (non-hydrogen) atoms. The lowest BCUT2D eigenvalue weighted by atomic mass is 10.1. The highest BCUT2D eigenvalue weighted by Gasteiger charge is 2.52. The number of alkyl halides is 2. The maximum absolute atomic E-state index is 14.0. The van der Waals surface area contributed by atoms with Gasteiger partial charge < -0.3 is 14.7 Å². The van der Waals surface area contributed by atoms with Crippen LogP contribution in [0.2, 0.25) is 0 Å². The number of nitrogens with zero attached hydrogens (tertiary/aromatic N) is 1. The molecule has 1 aromatic rings. The predicted octanol–water partition coefficient (Wildman–Crippen LogP) is 3.75. The van der Waals surface area contributed by atoms with Crippen molar-refractivity contribution in [1.82, 2.24) is 4.90 Å². The van der Waals surface area contributed by atoms with Crippen LogP contribution in [0.3, 0.4) is 0 Å². The molecule has 1 fully saturated rings. The minimum Gasteiger partial charge on any atom is -0.465 e. The van der Waals surface area contributed by atoms with Crippen molar-refractivity contribution in [3.63, 3.8) is 0 Å². The van der Waals surface area contributed by atoms with Gasteiger partial charge in [-0.2, -0.15) is 8.78 Å². The number of halogens is 2. The summed E-state index contributed by atoms with van der Waals surface area (Å²) in [5.41, 5.74) is 1.22. The van der Waals surface area contributed by atoms with Crippen molar-refractivity contribution >= 4 is 11.9 Å². The first-order valence-corrected chi connectivity index (χ1v) is 10.0. The molecule has 0 spiro atoms. The van der Waals surface area contributed by atoms with E-state index in [2.05, 4.69) is 11.7 Å². The molecule has 0 bridgehead atoms. The Morgan fingerprint density at radius 1 is 1.34 bits per heavy atom. The Bertz CT molecular complexity index is 718. The monoisotopic (exact) mass is 409 g/mol. The first kappa shape index (κ1) is 23.0. The van der Waals surface area contributed by atoms with Crippen LogP contribution in [0.25, 0.3) is 0 Å². The highest BCUT2D eigenvalue weighted by Crippen LogP contribution is 2.34. The van der Waals surface area contributed by atoms with Gasteiger partial charge in [-0.25, -0.2) is 4.79 Å². The number of carbonyl (C=O) groups is 2. The van der Waals surface area contributed by atoms with Crippen LogP contribution in [0, 0.1) is 0 Å². The van der Waals surface area contributed by atoms with Gasteiger partial charge in [0, 0.05) is 13.0 Å². The quantitative estimate of drug-likeness (QED) is 0.363. The molecule has 2 rings (SSSR count). The van der Waals surface area contributed by atoms with Crippen LogP contribution >= 0.6 is 0 Å². The van der Waals surface area contributed by atoms with Crippen molar-refractivity contribution in [2.45, 2.75) is 63.5 Å². The number of ether oxygens (including phenoxy) is 1. The van der Waals surface area contributed by atoms with E-state index in [1.165, 1.54) is 24.2 Å². The van der Waals surface area contributed by atoms with Gasteiger partial charge in [-0.1, -0.05) is 50.5 Å². The summed E-state index contributed by atoms with van der Waals surface area (Å²) in [6.45, 7) is 2.20. The largest absolute Gasteiger partial charge is 0.465 e. The Morgan fingerprint density at radius 3 is 2.66 bits per heavy atom. The van der Waals surface area contributed by atoms with Crippen LogP contribution in [0.5, 0.6) is 0 Å². The summed E-state index contributed by atoms with van der Waals surface area (Å²) in [6.07, 6.45) is 5.64. The predicted molar refractivity (Wildman–Crippen MR) is 106 cm³/mol. The maximum atomic E-state index is 14.0. The second-order valence-electron chi connectivity index (χ2n) is 7.36. The summed E-state index contributed by atoms with van der Waals surface area (Å²) < 4.78 is 32.6. The van der Waals surface area contributed by atoms with E-state index in [4.69, 9.17) is 0 Å². The fourth-order valence-corrected chi connectivity index (χ4v) is 3.39. The third-order valence-corrected chi connectivity index (χ3v) is 5.11. The normalized spacial score (nSPS) is 19.7. The number of rotatable bonds is 10. The lowest BCUT2D eigenvalue weighted by Crippen LogP contribution is -2.37. The lowest BCUT2D eigenvalue weighted by molar-refractivity contribution is -0.148. The molecule has 1 heterocycles. The first-order valence-electron chi connectivity index (χ1n) is 10.0. The molecule has 0 aliphatic carbocycles. The molecule has 5 nitrogen and oxygen atoms in total. The highest BCUT2D eigenvalue weighted by molar-refractivity contribution is 5.89. The number of unbranched alkanes of at least 4 members (excludes halogenated alkanes) is 2. The second-order valence-corrected chi connectivity index (χ2v) is 7.36. The van der Waals surface area contributed by atoms with Gasteiger partial charge in [0.2, 0.25) is 0 Å². The van der Waals surface area contributed by atoms with Crippen LogP contribution < -0.4 is 0 Å². The van der Waals surface area contributed by atoms with Crippen LogP contribution in [0.4, 0.5) is 8.78 Å². The zero-order valence-electron chi connectivity index (χ0n) is 16.9. The Morgan fingerprint density at radius 2 is 2.03 bits per heavy atom. The topological polar surface area (TPSA) is 66.8 Å². The average molecular weight is 409 g/mol. The first-order chi connectivity index (χ1) is 13.8. The molecule has 1 saturated heterocycles. The molecule has 1 unspecified atom stereocenters. The number of likely N-dealkylation sites (tertiary alicyclic amines) is 1. The number of hydrogen-bond acceptors (Lipinski definition) is 4. The summed E-state index contributed by atoms with van der Waals surface area (Å²) in [6, 6.07) is 5.89. The summed E-state index contributed by atoms with van der Waals surface area (Å²) in [5, 5.41) is 10.0. The zero-order chi connectivity index (χ0) is 21.4. The van der Waals surface area contributed by atoms with Crippen molar-refractivity contribution < 1.29 is 28.2 Å². The third-order valence-electron chi connectivity index (χ3n) is 5.11. The van der Waals surface area contributed by atoms with Crippen LogP contribution in [-0.4, -0.2) is 53.6 Å². The van der Waals surface area contributed by atoms with E-state index in [0.29, 0.717) is 18.4 Å². The molecule has 1 N–H and O–H groups in total. The van der Waals surface area contributed by atoms with E-state index in [9.17, 15) is 23.5 Å². The van der Waals surface area contributed by atoms with Crippen molar-refractivity contribution in [3.05, 3.63) is 47.5 Å². The van der Waals surface area contributed by atoms with Gasteiger partial charge in [0.1, 0.15) is 0 Å². The molecule has 0 saturated carbocycles. The Kier molecular flexibility index (Phi) is 8.32. The summed E-state index contributed by atoms with van der Waals surface area (Å²) >= 11 is 0. The maximum Gasteiger partial charge on any atom is 0.337 e. The molecular formula is C22H29F2NO4. The molecule has 1 aliphatic heterocycles. The van der Waals surface area contributed by atoms with E-state index < -0.39 is 36.4 Å². The van der Waals surface area contributed by atoms with Crippen molar-refractivity contribution in [3.8, 4) is 0 Å². The molecule has 2 atom stereocenters. The molecule has 1 aliphatic rings. The van der Waals surface area contributed by atoms with Crippen molar-refractivity contribution in [2.24, 2.45) is 0 Å². The lowest BCUT2D eigenvalue weighted by Gasteiger charge is -2.22. The van der Waals surface area contributed by atoms with Crippen LogP contribution in [0.1, 0.15) is 54.9 Å². The second kappa shape index (κ2) is 10.5. The van der Waals surface area contributed by atoms with Gasteiger partial charge in [0.15, 0.2) is 0 Å². The van der Waals surface area contributed by atoms with Gasteiger partial charge in [0.25, 0.3) is 5.91 Å². The average Bonchev–Trinajstić information content (AvgIpc) is 2.93. The molecule has 1 aromatic carbocycles. The summed E-state index contributed by atoms with van der Waals surface area (Å²) in [7, 11) is 1.30. The summed E-state index contributed by atoms with van der Waals surface area (Å²) in [4.78, 5) is 24.8. The standard InChI is InChI=1S/C22H29F2NO4/c1-3-4-5-6-19(26)12-11-18-15-22(23,24)21(28)25(18)14-13-16-7-9-17(10-8-16)20(27)29-2/h7-12,18-19,26H,3-6,13-15H2,1-2H3/t18-,19?/m0/s1. The van der Waals surface area contributed by atoms with Crippen LogP contribution in [0.15, 0.2) is 36.4 Å². The van der Waals surface area contributed by atoms with Crippen molar-refractivity contribution in [2.75, 3.05) is 13.7 Å². The molecule has 0 aromatic heterocycles. The fraction of sp³-hybridized carbons (Fsp3) is 0.545. The number of benzene rings is 1. The van der Waals surface area contributed by atoms with Gasteiger partial charge in [0.05, 0.1) is 24.8 Å². The van der Waals surface area contributed by atoms with E-state index in [0.717, 1.165) is 24.8 Å². The minimum absolute atomic E-state index is 0.132. The van der Waals surface area contributed by atoms with Gasteiger partial charge in [-0.15, -0.1) is 0 Å². The molecule has 160 valence electrons. The Labute approximate surface area is 170 Å². The van der Waals surface area contributed by atoms with Gasteiger partial charge in [-0.3, -0.25) is 4.79 Å². The summed E-state index contributed by atoms with van der Waals surface area (Å²) in [5.74, 6) is -5.02. The number of carbonyl (C=O) groups excluding carboxylic acids is 2. The SMILES string of the molecule is CCCCCC(O)C=C[C@H]1CC(F)(F)C(=O)N1CCc1ccc(C(=O)OC)cc1. The molecule has 7 heteroatoms. The minimum atomic E-state index is -3.39. The van der Waals surface area contributed by atoms with Gasteiger partial charge in [-0.05, 0) is 30.5 Å². The van der Waals surface area contributed by atoms with E-state index in [1.54, 1.807) is 24.3 Å². The number of methoxy groups -OCH3 is 1. The zero-order valence-corrected chi connectivity index (χ0v) is 16.9. The number of hydrogen-bond donors (Lipinski definition) is 1. The molecule has 1 amide bonds. The van der Waals surface area contributed by atoms with Crippen LogP contribution in [-0.2, 0) is 16.0 Å². The van der Waals surface area contributed by atoms with Gasteiger partial charge >= 0.3 is 11.9 Å². The Balaban J connectivity index is 1.99. The fourth-order valence-electron chi connectivity index (χ4n) is 3.39. The number of amides is 1. The number of esters is 1. The molecular weight excluding hydrogens is 380 g/mol. The number of aliphatic hydroxyl groups excluding tert-OH is 1. The highest BCUT2D eigenvalue weighted by atomic mass is 19.3. The van der Waals surface area contributed by atoms with E-state index >= 15 is 0 Å².